The van der Waals surface area contributed by atoms with E-state index in [9.17, 15) is 4.79 Å². The summed E-state index contributed by atoms with van der Waals surface area (Å²) in [5.74, 6) is 0.0970. The number of rotatable bonds is 0. The first kappa shape index (κ1) is 8.23. The number of benzene rings is 1. The van der Waals surface area contributed by atoms with Gasteiger partial charge in [0, 0.05) is 23.7 Å². The van der Waals surface area contributed by atoms with Crippen molar-refractivity contribution in [1.29, 1.82) is 0 Å². The third-order valence-corrected chi connectivity index (χ3v) is 2.56. The van der Waals surface area contributed by atoms with Gasteiger partial charge in [-0.3, -0.25) is 4.79 Å². The lowest BCUT2D eigenvalue weighted by Gasteiger charge is -2.06. The lowest BCUT2D eigenvalue weighted by molar-refractivity contribution is 0.0990. The molecule has 0 spiro atoms. The average molecular weight is 199 g/mol. The molecule has 2 N–H and O–H groups in total. The van der Waals surface area contributed by atoms with Crippen LogP contribution in [0.1, 0.15) is 16.9 Å². The maximum atomic E-state index is 11.6. The Morgan fingerprint density at radius 3 is 3.07 bits per heavy atom. The highest BCUT2D eigenvalue weighted by Gasteiger charge is 2.17. The van der Waals surface area contributed by atoms with Crippen LogP contribution in [0, 0.1) is 0 Å². The van der Waals surface area contributed by atoms with E-state index in [2.05, 4.69) is 5.10 Å². The van der Waals surface area contributed by atoms with Crippen molar-refractivity contribution in [1.82, 2.24) is 4.68 Å². The fourth-order valence-electron chi connectivity index (χ4n) is 1.85. The Hall–Kier alpha value is -2.10. The second-order valence-corrected chi connectivity index (χ2v) is 3.58. The van der Waals surface area contributed by atoms with Crippen LogP contribution in [0.5, 0.6) is 0 Å². The highest BCUT2D eigenvalue weighted by atomic mass is 16.1. The molecule has 1 aliphatic rings. The Morgan fingerprint density at radius 1 is 1.33 bits per heavy atom. The number of aromatic nitrogens is 1. The van der Waals surface area contributed by atoms with Crippen molar-refractivity contribution in [3.63, 3.8) is 0 Å². The number of ketones is 1. The average Bonchev–Trinajstić information content (AvgIpc) is 2.57. The van der Waals surface area contributed by atoms with E-state index in [1.807, 2.05) is 24.3 Å². The molecule has 15 heavy (non-hydrogen) atoms. The van der Waals surface area contributed by atoms with Crippen LogP contribution in [-0.2, 0) is 0 Å². The molecule has 0 radical (unpaired) electrons. The number of anilines is 1. The SMILES string of the molecule is Nc1ccc2c(c1)cc1n2N=CCC1=O. The zero-order chi connectivity index (χ0) is 10.4. The maximum absolute atomic E-state index is 11.6. The van der Waals surface area contributed by atoms with Gasteiger partial charge in [0.05, 0.1) is 5.52 Å². The molecular formula is C11H9N3O. The number of hydrogen-bond acceptors (Lipinski definition) is 3. The summed E-state index contributed by atoms with van der Waals surface area (Å²) in [5.41, 5.74) is 7.94. The molecule has 1 aromatic carbocycles. The minimum atomic E-state index is 0.0970. The van der Waals surface area contributed by atoms with Crippen molar-refractivity contribution in [2.45, 2.75) is 6.42 Å². The molecule has 0 bridgehead atoms. The summed E-state index contributed by atoms with van der Waals surface area (Å²) in [7, 11) is 0. The summed E-state index contributed by atoms with van der Waals surface area (Å²) in [6.45, 7) is 0. The van der Waals surface area contributed by atoms with Crippen LogP contribution in [-0.4, -0.2) is 16.7 Å². The number of Topliss-reactive ketones (excluding diaryl/α,β-unsaturated/α-hetero) is 1. The van der Waals surface area contributed by atoms with Gasteiger partial charge in [-0.2, -0.15) is 5.10 Å². The number of hydrogen-bond donors (Lipinski definition) is 1. The van der Waals surface area contributed by atoms with Crippen LogP contribution in [0.15, 0.2) is 29.4 Å². The Morgan fingerprint density at radius 2 is 2.20 bits per heavy atom. The highest BCUT2D eigenvalue weighted by Crippen LogP contribution is 2.24. The molecule has 0 saturated carbocycles. The molecule has 0 fully saturated rings. The van der Waals surface area contributed by atoms with Crippen molar-refractivity contribution < 1.29 is 4.79 Å². The Bertz CT molecular complexity index is 595. The summed E-state index contributed by atoms with van der Waals surface area (Å²) in [5, 5.41) is 5.15. The third kappa shape index (κ3) is 1.08. The van der Waals surface area contributed by atoms with E-state index < -0.39 is 0 Å². The zero-order valence-corrected chi connectivity index (χ0v) is 7.97. The fourth-order valence-corrected chi connectivity index (χ4v) is 1.85. The van der Waals surface area contributed by atoms with E-state index in [1.165, 1.54) is 0 Å². The van der Waals surface area contributed by atoms with Gasteiger partial charge in [0.2, 0.25) is 0 Å². The molecule has 2 heterocycles. The van der Waals surface area contributed by atoms with Gasteiger partial charge in [0.15, 0.2) is 5.78 Å². The van der Waals surface area contributed by atoms with Gasteiger partial charge in [-0.25, -0.2) is 4.68 Å². The third-order valence-electron chi connectivity index (χ3n) is 2.56. The van der Waals surface area contributed by atoms with Crippen LogP contribution in [0.2, 0.25) is 0 Å². The summed E-state index contributed by atoms with van der Waals surface area (Å²) in [6, 6.07) is 7.38. The number of carbonyl (C=O) groups is 1. The normalized spacial score (nSPS) is 14.5. The molecule has 74 valence electrons. The summed E-state index contributed by atoms with van der Waals surface area (Å²) in [4.78, 5) is 11.6. The lowest BCUT2D eigenvalue weighted by atomic mass is 10.2. The van der Waals surface area contributed by atoms with E-state index in [0.717, 1.165) is 10.9 Å². The smallest absolute Gasteiger partial charge is 0.186 e. The standard InChI is InChI=1S/C11H9N3O/c12-8-1-2-9-7(5-8)6-10-11(15)3-4-13-14(9)10/h1-2,4-6H,3,12H2. The van der Waals surface area contributed by atoms with E-state index in [-0.39, 0.29) is 5.78 Å². The molecule has 4 heteroatoms. The maximum Gasteiger partial charge on any atom is 0.186 e. The predicted octanol–water partition coefficient (Wildman–Crippen LogP) is 1.64. The second-order valence-electron chi connectivity index (χ2n) is 3.58. The molecule has 0 amide bonds. The second kappa shape index (κ2) is 2.70. The lowest BCUT2D eigenvalue weighted by Crippen LogP contribution is -2.11. The number of carbonyl (C=O) groups excluding carboxylic acids is 1. The monoisotopic (exact) mass is 199 g/mol. The number of nitrogen functional groups attached to an aromatic ring is 1. The van der Waals surface area contributed by atoms with Gasteiger partial charge >= 0.3 is 0 Å². The topological polar surface area (TPSA) is 60.4 Å². The van der Waals surface area contributed by atoms with E-state index in [4.69, 9.17) is 5.73 Å². The van der Waals surface area contributed by atoms with Crippen LogP contribution >= 0.6 is 0 Å². The molecule has 0 aliphatic carbocycles. The number of nitrogens with two attached hydrogens (primary N) is 1. The van der Waals surface area contributed by atoms with Crippen molar-refractivity contribution in [3.8, 4) is 0 Å². The largest absolute Gasteiger partial charge is 0.399 e. The van der Waals surface area contributed by atoms with Crippen LogP contribution in [0.4, 0.5) is 5.69 Å². The van der Waals surface area contributed by atoms with Gasteiger partial charge in [-0.15, -0.1) is 0 Å². The Labute approximate surface area is 86.0 Å². The summed E-state index contributed by atoms with van der Waals surface area (Å²) in [6.07, 6.45) is 2.01. The van der Waals surface area contributed by atoms with Gasteiger partial charge < -0.3 is 5.73 Å². The van der Waals surface area contributed by atoms with Crippen LogP contribution < -0.4 is 5.73 Å². The van der Waals surface area contributed by atoms with E-state index in [1.54, 1.807) is 10.9 Å². The summed E-state index contributed by atoms with van der Waals surface area (Å²) < 4.78 is 1.67. The van der Waals surface area contributed by atoms with E-state index >= 15 is 0 Å². The van der Waals surface area contributed by atoms with Crippen LogP contribution in [0.25, 0.3) is 10.9 Å². The minimum Gasteiger partial charge on any atom is -0.399 e. The Balaban J connectivity index is 2.41. The molecule has 0 unspecified atom stereocenters. The Kier molecular flexibility index (Phi) is 1.48. The molecule has 1 aliphatic heterocycles. The quantitative estimate of drug-likeness (QED) is 0.655. The molecule has 4 nitrogen and oxygen atoms in total. The fraction of sp³-hybridized carbons (Fsp3) is 0.0909. The predicted molar refractivity (Wildman–Crippen MR) is 59.2 cm³/mol. The summed E-state index contributed by atoms with van der Waals surface area (Å²) >= 11 is 0. The molecule has 1 aromatic heterocycles. The van der Waals surface area contributed by atoms with Crippen LogP contribution in [0.3, 0.4) is 0 Å². The molecule has 3 rings (SSSR count). The molecule has 0 saturated heterocycles. The first-order chi connectivity index (χ1) is 7.25. The van der Waals surface area contributed by atoms with E-state index in [0.29, 0.717) is 17.8 Å². The molecule has 2 aromatic rings. The molecular weight excluding hydrogens is 190 g/mol. The minimum absolute atomic E-state index is 0.0970. The molecule has 0 atom stereocenters. The van der Waals surface area contributed by atoms with Gasteiger partial charge in [0.1, 0.15) is 5.69 Å². The highest BCUT2D eigenvalue weighted by molar-refractivity contribution is 6.07. The zero-order valence-electron chi connectivity index (χ0n) is 7.97. The van der Waals surface area contributed by atoms with Gasteiger partial charge in [0.25, 0.3) is 0 Å². The van der Waals surface area contributed by atoms with Crippen molar-refractivity contribution >= 4 is 28.6 Å². The number of nitrogens with zero attached hydrogens (tertiary/aromatic N) is 2. The van der Waals surface area contributed by atoms with Gasteiger partial charge in [-0.05, 0) is 24.3 Å². The first-order valence-electron chi connectivity index (χ1n) is 4.73. The number of fused-ring (bicyclic) bond motifs is 3. The first-order valence-corrected chi connectivity index (χ1v) is 4.73. The van der Waals surface area contributed by atoms with Crippen molar-refractivity contribution in [2.24, 2.45) is 5.10 Å². The van der Waals surface area contributed by atoms with Crippen molar-refractivity contribution in [2.75, 3.05) is 5.73 Å². The van der Waals surface area contributed by atoms with Gasteiger partial charge in [-0.1, -0.05) is 0 Å². The van der Waals surface area contributed by atoms with Crippen molar-refractivity contribution in [3.05, 3.63) is 30.0 Å².